The molecule has 2 rings (SSSR count). The molecule has 1 aliphatic heterocycles. The van der Waals surface area contributed by atoms with E-state index in [4.69, 9.17) is 11.6 Å². The topological polar surface area (TPSA) is 40.5 Å². The maximum Gasteiger partial charge on any atom is 0.255 e. The van der Waals surface area contributed by atoms with E-state index in [-0.39, 0.29) is 5.91 Å². The van der Waals surface area contributed by atoms with Gasteiger partial charge in [-0.25, -0.2) is 0 Å². The summed E-state index contributed by atoms with van der Waals surface area (Å²) in [4.78, 5) is 13.8. The zero-order valence-electron chi connectivity index (χ0n) is 10.1. The first kappa shape index (κ1) is 13.8. The lowest BCUT2D eigenvalue weighted by Crippen LogP contribution is -2.63. The summed E-state index contributed by atoms with van der Waals surface area (Å²) in [5.74, 6) is -0.123. The molecule has 18 heavy (non-hydrogen) atoms. The van der Waals surface area contributed by atoms with Gasteiger partial charge >= 0.3 is 0 Å². The van der Waals surface area contributed by atoms with Crippen LogP contribution in [0.15, 0.2) is 22.7 Å². The largest absolute Gasteiger partial charge is 0.386 e. The molecular formula is C13H15BrClNO2. The van der Waals surface area contributed by atoms with E-state index in [1.54, 1.807) is 23.1 Å². The van der Waals surface area contributed by atoms with Gasteiger partial charge in [-0.1, -0.05) is 40.9 Å². The molecule has 0 bridgehead atoms. The van der Waals surface area contributed by atoms with E-state index in [0.717, 1.165) is 17.3 Å². The molecule has 0 aromatic heterocycles. The maximum atomic E-state index is 12.2. The van der Waals surface area contributed by atoms with E-state index in [1.165, 1.54) is 0 Å². The molecule has 1 aromatic carbocycles. The zero-order valence-corrected chi connectivity index (χ0v) is 12.5. The molecule has 1 saturated heterocycles. The third-order valence-electron chi connectivity index (χ3n) is 3.13. The molecule has 0 atom stereocenters. The lowest BCUT2D eigenvalue weighted by atomic mass is 9.89. The smallest absolute Gasteiger partial charge is 0.255 e. The van der Waals surface area contributed by atoms with Crippen LogP contribution in [0.25, 0.3) is 0 Å². The van der Waals surface area contributed by atoms with Crippen molar-refractivity contribution < 1.29 is 9.90 Å². The number of hydrogen-bond donors (Lipinski definition) is 1. The summed E-state index contributed by atoms with van der Waals surface area (Å²) in [5.41, 5.74) is -0.229. The number of nitrogens with zero attached hydrogens (tertiary/aromatic N) is 1. The first-order chi connectivity index (χ1) is 8.45. The molecule has 0 radical (unpaired) electrons. The average Bonchev–Trinajstić information content (AvgIpc) is 2.28. The van der Waals surface area contributed by atoms with Crippen LogP contribution in [0.2, 0.25) is 5.02 Å². The number of carbonyl (C=O) groups excluding carboxylic acids is 1. The first-order valence-electron chi connectivity index (χ1n) is 5.92. The van der Waals surface area contributed by atoms with Gasteiger partial charge in [-0.05, 0) is 24.6 Å². The van der Waals surface area contributed by atoms with Gasteiger partial charge in [0, 0.05) is 4.47 Å². The van der Waals surface area contributed by atoms with Gasteiger partial charge in [-0.3, -0.25) is 4.79 Å². The normalized spacial score (nSPS) is 17.4. The number of rotatable bonds is 3. The third-order valence-corrected chi connectivity index (χ3v) is 3.95. The Morgan fingerprint density at radius 1 is 1.56 bits per heavy atom. The highest BCUT2D eigenvalue weighted by Gasteiger charge is 2.43. The second kappa shape index (κ2) is 5.19. The molecule has 1 fully saturated rings. The Kier molecular flexibility index (Phi) is 3.99. The Bertz CT molecular complexity index is 472. The van der Waals surface area contributed by atoms with Gasteiger partial charge in [0.2, 0.25) is 0 Å². The van der Waals surface area contributed by atoms with Gasteiger partial charge in [0.05, 0.1) is 29.3 Å². The van der Waals surface area contributed by atoms with Crippen molar-refractivity contribution in [3.05, 3.63) is 33.3 Å². The van der Waals surface area contributed by atoms with Gasteiger partial charge in [-0.15, -0.1) is 0 Å². The molecule has 0 saturated carbocycles. The number of halogens is 2. The summed E-state index contributed by atoms with van der Waals surface area (Å²) < 4.78 is 0.819. The van der Waals surface area contributed by atoms with E-state index < -0.39 is 5.60 Å². The van der Waals surface area contributed by atoms with Gasteiger partial charge in [0.25, 0.3) is 5.91 Å². The highest BCUT2D eigenvalue weighted by atomic mass is 79.9. The summed E-state index contributed by atoms with van der Waals surface area (Å²) in [5, 5.41) is 10.5. The average molecular weight is 333 g/mol. The SMILES string of the molecule is CCCC1(O)CN(C(=O)c2cc(Br)ccc2Cl)C1. The van der Waals surface area contributed by atoms with Crippen molar-refractivity contribution in [2.75, 3.05) is 13.1 Å². The van der Waals surface area contributed by atoms with Crippen LogP contribution in [-0.4, -0.2) is 34.6 Å². The zero-order chi connectivity index (χ0) is 13.3. The molecule has 98 valence electrons. The number of carbonyl (C=O) groups is 1. The summed E-state index contributed by atoms with van der Waals surface area (Å²) in [6, 6.07) is 5.20. The van der Waals surface area contributed by atoms with Crippen LogP contribution in [0, 0.1) is 0 Å². The van der Waals surface area contributed by atoms with Gasteiger partial charge in [-0.2, -0.15) is 0 Å². The number of aliphatic hydroxyl groups is 1. The fourth-order valence-corrected chi connectivity index (χ4v) is 2.82. The van der Waals surface area contributed by atoms with Crippen molar-refractivity contribution in [3.63, 3.8) is 0 Å². The Morgan fingerprint density at radius 2 is 2.22 bits per heavy atom. The van der Waals surface area contributed by atoms with Crippen LogP contribution in [0.4, 0.5) is 0 Å². The second-order valence-corrected chi connectivity index (χ2v) is 6.08. The van der Waals surface area contributed by atoms with E-state index in [2.05, 4.69) is 15.9 Å². The Labute approximate surface area is 120 Å². The molecule has 1 N–H and O–H groups in total. The number of benzene rings is 1. The van der Waals surface area contributed by atoms with E-state index >= 15 is 0 Å². The summed E-state index contributed by atoms with van der Waals surface area (Å²) >= 11 is 9.34. The van der Waals surface area contributed by atoms with Crippen molar-refractivity contribution in [2.45, 2.75) is 25.4 Å². The predicted molar refractivity (Wildman–Crippen MR) is 74.9 cm³/mol. The first-order valence-corrected chi connectivity index (χ1v) is 7.09. The van der Waals surface area contributed by atoms with Crippen LogP contribution in [0.3, 0.4) is 0 Å². The van der Waals surface area contributed by atoms with Crippen LogP contribution >= 0.6 is 27.5 Å². The molecular weight excluding hydrogens is 318 g/mol. The summed E-state index contributed by atoms with van der Waals surface area (Å²) in [6.45, 7) is 2.80. The van der Waals surface area contributed by atoms with Crippen molar-refractivity contribution in [3.8, 4) is 0 Å². The Hall–Kier alpha value is -0.580. The molecule has 5 heteroatoms. The summed E-state index contributed by atoms with van der Waals surface area (Å²) in [6.07, 6.45) is 1.64. The minimum Gasteiger partial charge on any atom is -0.386 e. The third kappa shape index (κ3) is 2.71. The van der Waals surface area contributed by atoms with Crippen molar-refractivity contribution in [1.82, 2.24) is 4.90 Å². The van der Waals surface area contributed by atoms with Crippen molar-refractivity contribution in [2.24, 2.45) is 0 Å². The van der Waals surface area contributed by atoms with Gasteiger partial charge in [0.15, 0.2) is 0 Å². The second-order valence-electron chi connectivity index (χ2n) is 4.76. The molecule has 1 amide bonds. The molecule has 1 heterocycles. The minimum atomic E-state index is -0.705. The standard InChI is InChI=1S/C13H15BrClNO2/c1-2-5-13(18)7-16(8-13)12(17)10-6-9(14)3-4-11(10)15/h3-4,6,18H,2,5,7-8H2,1H3. The molecule has 0 unspecified atom stereocenters. The quantitative estimate of drug-likeness (QED) is 0.924. The fraction of sp³-hybridized carbons (Fsp3) is 0.462. The van der Waals surface area contributed by atoms with E-state index in [0.29, 0.717) is 23.7 Å². The van der Waals surface area contributed by atoms with Crippen molar-refractivity contribution in [1.29, 1.82) is 0 Å². The highest BCUT2D eigenvalue weighted by Crippen LogP contribution is 2.29. The molecule has 1 aliphatic rings. The van der Waals surface area contributed by atoms with Crippen LogP contribution < -0.4 is 0 Å². The van der Waals surface area contributed by atoms with Crippen molar-refractivity contribution >= 4 is 33.4 Å². The predicted octanol–water partition coefficient (Wildman–Crippen LogP) is 3.09. The molecule has 0 spiro atoms. The number of hydrogen-bond acceptors (Lipinski definition) is 2. The maximum absolute atomic E-state index is 12.2. The molecule has 0 aliphatic carbocycles. The lowest BCUT2D eigenvalue weighted by Gasteiger charge is -2.46. The number of β-amino-alcohol motifs (C(OH)–C–C–N with tert-alkyl or cyclic N) is 1. The fourth-order valence-electron chi connectivity index (χ4n) is 2.26. The minimum absolute atomic E-state index is 0.123. The monoisotopic (exact) mass is 331 g/mol. The van der Waals surface area contributed by atoms with Crippen LogP contribution in [0.5, 0.6) is 0 Å². The van der Waals surface area contributed by atoms with E-state index in [9.17, 15) is 9.90 Å². The van der Waals surface area contributed by atoms with E-state index in [1.807, 2.05) is 6.92 Å². The number of likely N-dealkylation sites (tertiary alicyclic amines) is 1. The Morgan fingerprint density at radius 3 is 2.83 bits per heavy atom. The molecule has 1 aromatic rings. The summed E-state index contributed by atoms with van der Waals surface area (Å²) in [7, 11) is 0. The Balaban J connectivity index is 2.08. The highest BCUT2D eigenvalue weighted by molar-refractivity contribution is 9.10. The van der Waals surface area contributed by atoms with Gasteiger partial charge in [0.1, 0.15) is 0 Å². The van der Waals surface area contributed by atoms with Crippen LogP contribution in [-0.2, 0) is 0 Å². The van der Waals surface area contributed by atoms with Crippen LogP contribution in [0.1, 0.15) is 30.1 Å². The lowest BCUT2D eigenvalue weighted by molar-refractivity contribution is -0.0860. The van der Waals surface area contributed by atoms with Gasteiger partial charge < -0.3 is 10.0 Å². The number of amides is 1. The molecule has 3 nitrogen and oxygen atoms in total.